The van der Waals surface area contributed by atoms with Crippen LogP contribution in [0.15, 0.2) is 11.5 Å². The van der Waals surface area contributed by atoms with Crippen molar-refractivity contribution in [2.75, 3.05) is 13.7 Å². The lowest BCUT2D eigenvalue weighted by Gasteiger charge is -2.17. The fourth-order valence-electron chi connectivity index (χ4n) is 3.53. The van der Waals surface area contributed by atoms with Crippen molar-refractivity contribution in [2.45, 2.75) is 109 Å². The van der Waals surface area contributed by atoms with E-state index in [0.717, 1.165) is 19.3 Å². The summed E-state index contributed by atoms with van der Waals surface area (Å²) in [6, 6.07) is 0. The van der Waals surface area contributed by atoms with Gasteiger partial charge < -0.3 is 24.4 Å². The number of ether oxygens (including phenoxy) is 3. The molecular formula is C23H40O7. The van der Waals surface area contributed by atoms with Gasteiger partial charge in [-0.2, -0.15) is 0 Å². The zero-order chi connectivity index (χ0) is 22.2. The standard InChI is InChI=1S/C23H40O7/c1-3-4-5-6-7-8-9-10-11-12-13-14-15-16-19(25)29-17-18(24)21-20(26)22(28-2)23(27)30-21/h18,21,24,26H,3-17H2,1-2H3/t18-,21?/m0/s1. The SMILES string of the molecule is CCCCCCCCCCCCCCCC(=O)OC[C@H](O)C1OC(=O)C(OC)=C1O. The summed E-state index contributed by atoms with van der Waals surface area (Å²) in [5, 5.41) is 19.8. The van der Waals surface area contributed by atoms with Crippen molar-refractivity contribution in [2.24, 2.45) is 0 Å². The molecule has 174 valence electrons. The van der Waals surface area contributed by atoms with E-state index in [9.17, 15) is 19.8 Å². The molecule has 0 aliphatic carbocycles. The van der Waals surface area contributed by atoms with E-state index >= 15 is 0 Å². The van der Waals surface area contributed by atoms with Crippen molar-refractivity contribution in [1.29, 1.82) is 0 Å². The van der Waals surface area contributed by atoms with Gasteiger partial charge in [-0.1, -0.05) is 84.0 Å². The van der Waals surface area contributed by atoms with E-state index in [2.05, 4.69) is 6.92 Å². The monoisotopic (exact) mass is 428 g/mol. The molecule has 0 spiro atoms. The van der Waals surface area contributed by atoms with E-state index in [1.807, 2.05) is 0 Å². The van der Waals surface area contributed by atoms with E-state index in [1.54, 1.807) is 0 Å². The minimum absolute atomic E-state index is 0.292. The van der Waals surface area contributed by atoms with Crippen LogP contribution in [0.5, 0.6) is 0 Å². The fourth-order valence-corrected chi connectivity index (χ4v) is 3.53. The maximum absolute atomic E-state index is 11.8. The Morgan fingerprint density at radius 1 is 0.967 bits per heavy atom. The summed E-state index contributed by atoms with van der Waals surface area (Å²) >= 11 is 0. The molecule has 1 aliphatic heterocycles. The van der Waals surface area contributed by atoms with Gasteiger partial charge in [0.05, 0.1) is 7.11 Å². The number of aliphatic hydroxyl groups excluding tert-OH is 2. The van der Waals surface area contributed by atoms with Gasteiger partial charge in [-0.15, -0.1) is 0 Å². The first-order chi connectivity index (χ1) is 14.5. The lowest BCUT2D eigenvalue weighted by atomic mass is 10.0. The van der Waals surface area contributed by atoms with Crippen molar-refractivity contribution in [3.05, 3.63) is 11.5 Å². The largest absolute Gasteiger partial charge is 0.505 e. The molecule has 0 fully saturated rings. The van der Waals surface area contributed by atoms with Gasteiger partial charge in [0, 0.05) is 6.42 Å². The Kier molecular flexibility index (Phi) is 14.0. The molecule has 7 heteroatoms. The fraction of sp³-hybridized carbons (Fsp3) is 0.826. The van der Waals surface area contributed by atoms with Crippen LogP contribution < -0.4 is 0 Å². The maximum Gasteiger partial charge on any atom is 0.378 e. The third-order valence-corrected chi connectivity index (χ3v) is 5.37. The van der Waals surface area contributed by atoms with Gasteiger partial charge in [0.2, 0.25) is 5.76 Å². The molecule has 0 saturated carbocycles. The van der Waals surface area contributed by atoms with Crippen molar-refractivity contribution in [3.63, 3.8) is 0 Å². The first-order valence-corrected chi connectivity index (χ1v) is 11.5. The third kappa shape index (κ3) is 10.3. The van der Waals surface area contributed by atoms with Gasteiger partial charge in [-0.3, -0.25) is 4.79 Å². The van der Waals surface area contributed by atoms with Crippen LogP contribution >= 0.6 is 0 Å². The average molecular weight is 429 g/mol. The zero-order valence-electron chi connectivity index (χ0n) is 18.7. The highest BCUT2D eigenvalue weighted by Gasteiger charge is 2.40. The quantitative estimate of drug-likeness (QED) is 0.241. The third-order valence-electron chi connectivity index (χ3n) is 5.37. The molecule has 0 aromatic heterocycles. The summed E-state index contributed by atoms with van der Waals surface area (Å²) in [6.45, 7) is 1.89. The molecule has 2 N–H and O–H groups in total. The van der Waals surface area contributed by atoms with Crippen molar-refractivity contribution < 1.29 is 34.0 Å². The molecule has 0 bridgehead atoms. The second-order valence-corrected chi connectivity index (χ2v) is 7.99. The first-order valence-electron chi connectivity index (χ1n) is 11.5. The molecule has 0 aromatic carbocycles. The number of hydrogen-bond acceptors (Lipinski definition) is 7. The first kappa shape index (κ1) is 26.3. The van der Waals surface area contributed by atoms with Gasteiger partial charge in [-0.25, -0.2) is 4.79 Å². The van der Waals surface area contributed by atoms with Crippen molar-refractivity contribution >= 4 is 11.9 Å². The van der Waals surface area contributed by atoms with Crippen LogP contribution in [0.2, 0.25) is 0 Å². The lowest BCUT2D eigenvalue weighted by Crippen LogP contribution is -2.33. The molecule has 0 radical (unpaired) electrons. The van der Waals surface area contributed by atoms with Crippen LogP contribution in [0.25, 0.3) is 0 Å². The molecule has 30 heavy (non-hydrogen) atoms. The Morgan fingerprint density at radius 2 is 1.47 bits per heavy atom. The maximum atomic E-state index is 11.8. The van der Waals surface area contributed by atoms with E-state index in [-0.39, 0.29) is 12.4 Å². The second kappa shape index (κ2) is 16.0. The molecule has 0 saturated heterocycles. The number of unbranched alkanes of at least 4 members (excludes halogenated alkanes) is 12. The van der Waals surface area contributed by atoms with Crippen LogP contribution in [-0.4, -0.2) is 48.1 Å². The molecule has 1 aliphatic rings. The molecule has 0 aromatic rings. The summed E-state index contributed by atoms with van der Waals surface area (Å²) in [7, 11) is 1.22. The summed E-state index contributed by atoms with van der Waals surface area (Å²) in [6.07, 6.45) is 13.7. The van der Waals surface area contributed by atoms with Crippen LogP contribution in [-0.2, 0) is 23.8 Å². The predicted molar refractivity (Wildman–Crippen MR) is 114 cm³/mol. The van der Waals surface area contributed by atoms with E-state index in [1.165, 1.54) is 71.3 Å². The van der Waals surface area contributed by atoms with E-state index in [4.69, 9.17) is 14.2 Å². The average Bonchev–Trinajstić information content (AvgIpc) is 3.03. The second-order valence-electron chi connectivity index (χ2n) is 7.99. The zero-order valence-corrected chi connectivity index (χ0v) is 18.7. The molecule has 2 atom stereocenters. The number of hydrogen-bond donors (Lipinski definition) is 2. The molecule has 1 rings (SSSR count). The van der Waals surface area contributed by atoms with E-state index < -0.39 is 29.9 Å². The number of carbonyl (C=O) groups is 2. The summed E-state index contributed by atoms with van der Waals surface area (Å²) < 4.78 is 14.6. The van der Waals surface area contributed by atoms with Gasteiger partial charge in [0.1, 0.15) is 12.7 Å². The lowest BCUT2D eigenvalue weighted by molar-refractivity contribution is -0.154. The Balaban J connectivity index is 1.97. The summed E-state index contributed by atoms with van der Waals surface area (Å²) in [4.78, 5) is 23.2. The Morgan fingerprint density at radius 3 is 1.93 bits per heavy atom. The minimum atomic E-state index is -1.34. The van der Waals surface area contributed by atoms with E-state index in [0.29, 0.717) is 6.42 Å². The van der Waals surface area contributed by atoms with Gasteiger partial charge in [0.15, 0.2) is 11.9 Å². The number of methoxy groups -OCH3 is 1. The molecule has 1 heterocycles. The normalized spacial score (nSPS) is 17.2. The van der Waals surface area contributed by atoms with Gasteiger partial charge >= 0.3 is 11.9 Å². The van der Waals surface area contributed by atoms with Crippen LogP contribution in [0.3, 0.4) is 0 Å². The smallest absolute Gasteiger partial charge is 0.378 e. The molecular weight excluding hydrogens is 388 g/mol. The minimum Gasteiger partial charge on any atom is -0.505 e. The molecule has 7 nitrogen and oxygen atoms in total. The molecule has 0 amide bonds. The van der Waals surface area contributed by atoms with Crippen molar-refractivity contribution in [1.82, 2.24) is 0 Å². The number of aliphatic hydroxyl groups is 2. The Hall–Kier alpha value is -1.76. The number of cyclic esters (lactones) is 1. The molecule has 1 unspecified atom stereocenters. The summed E-state index contributed by atoms with van der Waals surface area (Å²) in [5.74, 6) is -2.07. The predicted octanol–water partition coefficient (Wildman–Crippen LogP) is 4.71. The highest BCUT2D eigenvalue weighted by atomic mass is 16.6. The highest BCUT2D eigenvalue weighted by Crippen LogP contribution is 2.23. The number of esters is 2. The number of carbonyl (C=O) groups excluding carboxylic acids is 2. The Labute approximate surface area is 180 Å². The van der Waals surface area contributed by atoms with Crippen LogP contribution in [0.4, 0.5) is 0 Å². The van der Waals surface area contributed by atoms with Crippen LogP contribution in [0.1, 0.15) is 96.8 Å². The van der Waals surface area contributed by atoms with Gasteiger partial charge in [-0.05, 0) is 6.42 Å². The van der Waals surface area contributed by atoms with Crippen molar-refractivity contribution in [3.8, 4) is 0 Å². The Bertz CT molecular complexity index is 530. The topological polar surface area (TPSA) is 102 Å². The highest BCUT2D eigenvalue weighted by molar-refractivity contribution is 5.89. The van der Waals surface area contributed by atoms with Gasteiger partial charge in [0.25, 0.3) is 0 Å². The number of rotatable bonds is 18. The summed E-state index contributed by atoms with van der Waals surface area (Å²) in [5.41, 5.74) is 0. The van der Waals surface area contributed by atoms with Crippen LogP contribution in [0, 0.1) is 0 Å².